The third-order valence-electron chi connectivity index (χ3n) is 2.64. The van der Waals surface area contributed by atoms with E-state index in [-0.39, 0.29) is 23.1 Å². The first-order valence-electron chi connectivity index (χ1n) is 5.57. The van der Waals surface area contributed by atoms with Crippen molar-refractivity contribution >= 4 is 11.4 Å². The Morgan fingerprint density at radius 3 is 2.80 bits per heavy atom. The Kier molecular flexibility index (Phi) is 2.68. The van der Waals surface area contributed by atoms with Crippen LogP contribution in [0.5, 0.6) is 0 Å². The molecule has 0 aliphatic rings. The molecule has 0 radical (unpaired) electrons. The average Bonchev–Trinajstić information content (AvgIpc) is 3.09. The topological polar surface area (TPSA) is 121 Å². The summed E-state index contributed by atoms with van der Waals surface area (Å²) in [6, 6.07) is 7.42. The molecule has 1 aromatic carbocycles. The number of anilines is 1. The maximum atomic E-state index is 10.6. The van der Waals surface area contributed by atoms with E-state index in [9.17, 15) is 10.1 Å². The van der Waals surface area contributed by atoms with Crippen LogP contribution < -0.4 is 5.73 Å². The fourth-order valence-corrected chi connectivity index (χ4v) is 1.70. The van der Waals surface area contributed by atoms with Crippen LogP contribution in [-0.4, -0.2) is 15.1 Å². The van der Waals surface area contributed by atoms with E-state index in [0.29, 0.717) is 11.3 Å². The molecule has 0 spiro atoms. The summed E-state index contributed by atoms with van der Waals surface area (Å²) >= 11 is 0. The molecule has 8 heteroatoms. The maximum absolute atomic E-state index is 10.6. The number of aromatic nitrogens is 2. The molecule has 0 aliphatic heterocycles. The van der Waals surface area contributed by atoms with Gasteiger partial charge < -0.3 is 14.7 Å². The van der Waals surface area contributed by atoms with Crippen molar-refractivity contribution in [1.82, 2.24) is 10.1 Å². The third kappa shape index (κ3) is 1.99. The molecule has 0 saturated carbocycles. The number of non-ortho nitro benzene ring substituents is 1. The van der Waals surface area contributed by atoms with Crippen LogP contribution in [0.15, 0.2) is 45.5 Å². The van der Waals surface area contributed by atoms with Gasteiger partial charge in [0.05, 0.1) is 22.4 Å². The monoisotopic (exact) mass is 272 g/mol. The molecule has 2 heterocycles. The minimum atomic E-state index is -0.526. The van der Waals surface area contributed by atoms with Gasteiger partial charge in [-0.2, -0.15) is 4.98 Å². The van der Waals surface area contributed by atoms with Crippen LogP contribution in [0.3, 0.4) is 0 Å². The molecule has 100 valence electrons. The summed E-state index contributed by atoms with van der Waals surface area (Å²) in [5, 5.41) is 14.4. The van der Waals surface area contributed by atoms with Gasteiger partial charge in [0.2, 0.25) is 5.82 Å². The van der Waals surface area contributed by atoms with Gasteiger partial charge in [0.15, 0.2) is 5.76 Å². The number of benzene rings is 1. The van der Waals surface area contributed by atoms with E-state index < -0.39 is 4.92 Å². The number of nitro benzene ring substituents is 1. The van der Waals surface area contributed by atoms with E-state index in [1.165, 1.54) is 24.5 Å². The Hall–Kier alpha value is -3.16. The fourth-order valence-electron chi connectivity index (χ4n) is 1.70. The molecule has 0 aliphatic carbocycles. The van der Waals surface area contributed by atoms with E-state index in [0.717, 1.165) is 0 Å². The number of hydrogen-bond donors (Lipinski definition) is 1. The predicted molar refractivity (Wildman–Crippen MR) is 68.5 cm³/mol. The first-order chi connectivity index (χ1) is 9.65. The van der Waals surface area contributed by atoms with E-state index in [2.05, 4.69) is 10.1 Å². The normalized spacial score (nSPS) is 10.6. The van der Waals surface area contributed by atoms with Gasteiger partial charge >= 0.3 is 0 Å². The second-order valence-electron chi connectivity index (χ2n) is 3.93. The molecule has 20 heavy (non-hydrogen) atoms. The largest absolute Gasteiger partial charge is 0.461 e. The molecule has 0 amide bonds. The van der Waals surface area contributed by atoms with Gasteiger partial charge in [-0.1, -0.05) is 5.16 Å². The van der Waals surface area contributed by atoms with Crippen molar-refractivity contribution in [2.45, 2.75) is 0 Å². The zero-order valence-electron chi connectivity index (χ0n) is 10.0. The Balaban J connectivity index is 1.99. The molecule has 8 nitrogen and oxygen atoms in total. The van der Waals surface area contributed by atoms with E-state index >= 15 is 0 Å². The number of rotatable bonds is 3. The highest BCUT2D eigenvalue weighted by molar-refractivity contribution is 5.73. The lowest BCUT2D eigenvalue weighted by Crippen LogP contribution is -1.94. The highest BCUT2D eigenvalue weighted by Crippen LogP contribution is 2.29. The predicted octanol–water partition coefficient (Wildman–Crippen LogP) is 2.49. The van der Waals surface area contributed by atoms with E-state index in [1.54, 1.807) is 12.1 Å². The molecule has 3 aromatic rings. The molecule has 0 atom stereocenters. The van der Waals surface area contributed by atoms with Gasteiger partial charge in [-0.3, -0.25) is 10.1 Å². The minimum absolute atomic E-state index is 0.1000. The van der Waals surface area contributed by atoms with Crippen molar-refractivity contribution in [2.75, 3.05) is 5.73 Å². The number of nitrogens with two attached hydrogens (primary N) is 1. The Bertz CT molecular complexity index is 764. The smallest absolute Gasteiger partial charge is 0.271 e. The summed E-state index contributed by atoms with van der Waals surface area (Å²) in [5.74, 6) is 0.909. The summed E-state index contributed by atoms with van der Waals surface area (Å²) in [7, 11) is 0. The van der Waals surface area contributed by atoms with Crippen molar-refractivity contribution in [2.24, 2.45) is 0 Å². The van der Waals surface area contributed by atoms with Gasteiger partial charge in [0.1, 0.15) is 0 Å². The molecule has 0 unspecified atom stereocenters. The summed E-state index contributed by atoms with van der Waals surface area (Å²) in [6.07, 6.45) is 1.49. The lowest BCUT2D eigenvalue weighted by molar-refractivity contribution is -0.384. The number of furan rings is 1. The molecule has 0 fully saturated rings. The first-order valence-corrected chi connectivity index (χ1v) is 5.57. The van der Waals surface area contributed by atoms with Gasteiger partial charge in [-0.25, -0.2) is 0 Å². The van der Waals surface area contributed by atoms with Crippen molar-refractivity contribution in [3.63, 3.8) is 0 Å². The lowest BCUT2D eigenvalue weighted by atomic mass is 10.1. The molecular weight excluding hydrogens is 264 g/mol. The number of nitro groups is 1. The maximum Gasteiger partial charge on any atom is 0.271 e. The highest BCUT2D eigenvalue weighted by atomic mass is 16.6. The lowest BCUT2D eigenvalue weighted by Gasteiger charge is -1.99. The van der Waals surface area contributed by atoms with Gasteiger partial charge in [-0.05, 0) is 18.2 Å². The van der Waals surface area contributed by atoms with Crippen molar-refractivity contribution in [3.8, 4) is 23.0 Å². The molecule has 0 bridgehead atoms. The second-order valence-corrected chi connectivity index (χ2v) is 3.93. The van der Waals surface area contributed by atoms with Gasteiger partial charge in [-0.15, -0.1) is 0 Å². The standard InChI is InChI=1S/C12H8N4O4/c13-9-6-7(16(17)18)3-4-8(9)12-14-11(15-20-12)10-2-1-5-19-10/h1-6H,13H2. The zero-order chi connectivity index (χ0) is 14.1. The first kappa shape index (κ1) is 11.9. The summed E-state index contributed by atoms with van der Waals surface area (Å²) < 4.78 is 10.2. The Labute approximate surface area is 112 Å². The number of nitrogen functional groups attached to an aromatic ring is 1. The van der Waals surface area contributed by atoms with Crippen LogP contribution in [0, 0.1) is 10.1 Å². The summed E-state index contributed by atoms with van der Waals surface area (Å²) in [4.78, 5) is 14.3. The number of hydrogen-bond acceptors (Lipinski definition) is 7. The molecule has 3 rings (SSSR count). The average molecular weight is 272 g/mol. The van der Waals surface area contributed by atoms with Crippen LogP contribution in [0.4, 0.5) is 11.4 Å². The second kappa shape index (κ2) is 4.50. The SMILES string of the molecule is Nc1cc([N+](=O)[O-])ccc1-c1nc(-c2ccco2)no1. The highest BCUT2D eigenvalue weighted by Gasteiger charge is 2.16. The molecule has 0 saturated heterocycles. The van der Waals surface area contributed by atoms with Gasteiger partial charge in [0.25, 0.3) is 11.6 Å². The summed E-state index contributed by atoms with van der Waals surface area (Å²) in [5.41, 5.74) is 6.28. The molecule has 2 N–H and O–H groups in total. The van der Waals surface area contributed by atoms with Crippen molar-refractivity contribution in [3.05, 3.63) is 46.7 Å². The zero-order valence-corrected chi connectivity index (χ0v) is 10.0. The Morgan fingerprint density at radius 1 is 1.30 bits per heavy atom. The van der Waals surface area contributed by atoms with Gasteiger partial charge in [0, 0.05) is 12.1 Å². The van der Waals surface area contributed by atoms with E-state index in [4.69, 9.17) is 14.7 Å². The molecule has 2 aromatic heterocycles. The summed E-state index contributed by atoms with van der Waals surface area (Å²) in [6.45, 7) is 0. The van der Waals surface area contributed by atoms with Crippen LogP contribution in [-0.2, 0) is 0 Å². The molecular formula is C12H8N4O4. The van der Waals surface area contributed by atoms with Crippen LogP contribution in [0.25, 0.3) is 23.0 Å². The van der Waals surface area contributed by atoms with E-state index in [1.807, 2.05) is 0 Å². The fraction of sp³-hybridized carbons (Fsp3) is 0. The minimum Gasteiger partial charge on any atom is -0.461 e. The number of nitrogens with zero attached hydrogens (tertiary/aromatic N) is 3. The van der Waals surface area contributed by atoms with Crippen LogP contribution in [0.1, 0.15) is 0 Å². The Morgan fingerprint density at radius 2 is 2.15 bits per heavy atom. The van der Waals surface area contributed by atoms with Crippen LogP contribution in [0.2, 0.25) is 0 Å². The quantitative estimate of drug-likeness (QED) is 0.441. The van der Waals surface area contributed by atoms with Crippen molar-refractivity contribution < 1.29 is 13.9 Å². The van der Waals surface area contributed by atoms with Crippen LogP contribution >= 0.6 is 0 Å². The third-order valence-corrected chi connectivity index (χ3v) is 2.64. The van der Waals surface area contributed by atoms with Crippen molar-refractivity contribution in [1.29, 1.82) is 0 Å².